The number of hydrogen-bond donors (Lipinski definition) is 3. The van der Waals surface area contributed by atoms with Crippen molar-refractivity contribution >= 4 is 46.5 Å². The van der Waals surface area contributed by atoms with Crippen molar-refractivity contribution in [2.45, 2.75) is 26.3 Å². The summed E-state index contributed by atoms with van der Waals surface area (Å²) in [5, 5.41) is 13.5. The largest absolute Gasteiger partial charge is 0.326 e. The lowest BCUT2D eigenvalue weighted by Gasteiger charge is -2.24. The molecule has 158 valence electrons. The van der Waals surface area contributed by atoms with E-state index in [9.17, 15) is 14.4 Å². The van der Waals surface area contributed by atoms with E-state index in [1.165, 1.54) is 6.92 Å². The number of rotatable bonds is 4. The summed E-state index contributed by atoms with van der Waals surface area (Å²) in [6.07, 6.45) is -0.0238. The number of hydrogen-bond acceptors (Lipinski definition) is 4. The first kappa shape index (κ1) is 20.6. The van der Waals surface area contributed by atoms with Crippen molar-refractivity contribution < 1.29 is 14.4 Å². The van der Waals surface area contributed by atoms with Crippen LogP contribution in [0.15, 0.2) is 48.5 Å². The number of nitrogens with one attached hydrogen (secondary N) is 3. The molecule has 0 saturated heterocycles. The number of halogens is 1. The van der Waals surface area contributed by atoms with Crippen LogP contribution in [0.5, 0.6) is 0 Å². The van der Waals surface area contributed by atoms with E-state index >= 15 is 0 Å². The molecule has 0 aliphatic carbocycles. The van der Waals surface area contributed by atoms with Crippen LogP contribution in [0.4, 0.5) is 17.2 Å². The predicted molar refractivity (Wildman–Crippen MR) is 119 cm³/mol. The third-order valence-corrected chi connectivity index (χ3v) is 5.22. The highest BCUT2D eigenvalue weighted by Crippen LogP contribution is 2.34. The first-order valence-electron chi connectivity index (χ1n) is 9.65. The summed E-state index contributed by atoms with van der Waals surface area (Å²) in [6, 6.07) is 13.2. The van der Waals surface area contributed by atoms with E-state index < -0.39 is 6.04 Å². The summed E-state index contributed by atoms with van der Waals surface area (Å²) >= 11 is 5.98. The number of amides is 3. The maximum absolute atomic E-state index is 13.0. The van der Waals surface area contributed by atoms with Gasteiger partial charge in [0, 0.05) is 34.4 Å². The van der Waals surface area contributed by atoms with Crippen LogP contribution >= 0.6 is 11.6 Å². The summed E-state index contributed by atoms with van der Waals surface area (Å²) in [6.45, 7) is 3.27. The Hall–Kier alpha value is -3.65. The number of anilines is 3. The van der Waals surface area contributed by atoms with Crippen LogP contribution in [0.2, 0.25) is 5.02 Å². The number of aromatic nitrogens is 2. The lowest BCUT2D eigenvalue weighted by atomic mass is 10.1. The van der Waals surface area contributed by atoms with E-state index in [0.29, 0.717) is 27.9 Å². The third-order valence-electron chi connectivity index (χ3n) is 4.97. The Bertz CT molecular complexity index is 1170. The molecule has 2 heterocycles. The van der Waals surface area contributed by atoms with Gasteiger partial charge < -0.3 is 16.0 Å². The van der Waals surface area contributed by atoms with Gasteiger partial charge >= 0.3 is 0 Å². The molecule has 3 amide bonds. The molecule has 3 aromatic rings. The Morgan fingerprint density at radius 1 is 1.06 bits per heavy atom. The minimum Gasteiger partial charge on any atom is -0.326 e. The van der Waals surface area contributed by atoms with Crippen molar-refractivity contribution in [2.75, 3.05) is 16.0 Å². The maximum atomic E-state index is 13.0. The van der Waals surface area contributed by atoms with Crippen LogP contribution in [0.25, 0.3) is 11.3 Å². The average Bonchev–Trinajstić information content (AvgIpc) is 3.05. The van der Waals surface area contributed by atoms with E-state index in [-0.39, 0.29) is 24.1 Å². The number of benzene rings is 2. The van der Waals surface area contributed by atoms with Gasteiger partial charge in [0.1, 0.15) is 11.9 Å². The topological polar surface area (TPSA) is 105 Å². The first-order chi connectivity index (χ1) is 14.8. The van der Waals surface area contributed by atoms with Crippen LogP contribution in [-0.2, 0) is 14.4 Å². The number of carbonyl (C=O) groups excluding carboxylic acids is 3. The van der Waals surface area contributed by atoms with Gasteiger partial charge in [0.15, 0.2) is 0 Å². The van der Waals surface area contributed by atoms with E-state index in [0.717, 1.165) is 11.1 Å². The molecule has 1 aromatic heterocycles. The zero-order valence-corrected chi connectivity index (χ0v) is 17.7. The van der Waals surface area contributed by atoms with Crippen molar-refractivity contribution in [3.63, 3.8) is 0 Å². The standard InChI is InChI=1S/C22H20ClN5O3/c1-12-20(14-3-5-15(23)6-4-14)27-28-18(11-19(30)26-21(12)28)22(31)25-17-9-7-16(8-10-17)24-13(2)29/h3-10,18H,11H2,1-2H3,(H,24,29)(H,25,31)(H,26,30). The summed E-state index contributed by atoms with van der Waals surface area (Å²) in [4.78, 5) is 36.4. The van der Waals surface area contributed by atoms with Gasteiger partial charge in [0.05, 0.1) is 12.1 Å². The Labute approximate surface area is 183 Å². The Morgan fingerprint density at radius 2 is 1.68 bits per heavy atom. The zero-order chi connectivity index (χ0) is 22.1. The Balaban J connectivity index is 1.60. The molecule has 0 radical (unpaired) electrons. The Kier molecular flexibility index (Phi) is 5.48. The van der Waals surface area contributed by atoms with Gasteiger partial charge in [0.2, 0.25) is 17.7 Å². The third kappa shape index (κ3) is 4.29. The Morgan fingerprint density at radius 3 is 2.29 bits per heavy atom. The molecular formula is C22H20ClN5O3. The molecule has 0 saturated carbocycles. The molecule has 9 heteroatoms. The van der Waals surface area contributed by atoms with Crippen LogP contribution < -0.4 is 16.0 Å². The van der Waals surface area contributed by atoms with Gasteiger partial charge in [-0.25, -0.2) is 4.68 Å². The minimum absolute atomic E-state index is 0.0238. The summed E-state index contributed by atoms with van der Waals surface area (Å²) in [5.74, 6) is -0.279. The fraction of sp³-hybridized carbons (Fsp3) is 0.182. The van der Waals surface area contributed by atoms with Gasteiger partial charge in [-0.05, 0) is 43.3 Å². The fourth-order valence-corrected chi connectivity index (χ4v) is 3.62. The summed E-state index contributed by atoms with van der Waals surface area (Å²) in [7, 11) is 0. The smallest absolute Gasteiger partial charge is 0.249 e. The highest BCUT2D eigenvalue weighted by Gasteiger charge is 2.34. The van der Waals surface area contributed by atoms with Crippen molar-refractivity contribution in [1.29, 1.82) is 0 Å². The van der Waals surface area contributed by atoms with Crippen molar-refractivity contribution in [2.24, 2.45) is 0 Å². The van der Waals surface area contributed by atoms with Gasteiger partial charge in [-0.15, -0.1) is 0 Å². The number of nitrogens with zero attached hydrogens (tertiary/aromatic N) is 2. The molecule has 8 nitrogen and oxygen atoms in total. The maximum Gasteiger partial charge on any atom is 0.249 e. The molecule has 0 bridgehead atoms. The second kappa shape index (κ2) is 8.23. The second-order valence-corrected chi connectivity index (χ2v) is 7.73. The molecule has 0 spiro atoms. The molecular weight excluding hydrogens is 418 g/mol. The second-order valence-electron chi connectivity index (χ2n) is 7.29. The van der Waals surface area contributed by atoms with Gasteiger partial charge in [-0.2, -0.15) is 5.10 Å². The quantitative estimate of drug-likeness (QED) is 0.573. The van der Waals surface area contributed by atoms with Crippen LogP contribution in [-0.4, -0.2) is 27.5 Å². The molecule has 2 aromatic carbocycles. The van der Waals surface area contributed by atoms with E-state index in [1.807, 2.05) is 19.1 Å². The average molecular weight is 438 g/mol. The van der Waals surface area contributed by atoms with Gasteiger partial charge in [-0.3, -0.25) is 14.4 Å². The predicted octanol–water partition coefficient (Wildman–Crippen LogP) is 3.99. The SMILES string of the molecule is CC(=O)Nc1ccc(NC(=O)C2CC(=O)Nc3c(C)c(-c4ccc(Cl)cc4)nn32)cc1. The summed E-state index contributed by atoms with van der Waals surface area (Å²) in [5.41, 5.74) is 3.46. The highest BCUT2D eigenvalue weighted by molar-refractivity contribution is 6.30. The monoisotopic (exact) mass is 437 g/mol. The van der Waals surface area contributed by atoms with Gasteiger partial charge in [-0.1, -0.05) is 23.7 Å². The molecule has 4 rings (SSSR count). The lowest BCUT2D eigenvalue weighted by Crippen LogP contribution is -2.35. The molecule has 0 fully saturated rings. The highest BCUT2D eigenvalue weighted by atomic mass is 35.5. The van der Waals surface area contributed by atoms with E-state index in [2.05, 4.69) is 21.0 Å². The van der Waals surface area contributed by atoms with Crippen LogP contribution in [0.3, 0.4) is 0 Å². The zero-order valence-electron chi connectivity index (χ0n) is 16.9. The van der Waals surface area contributed by atoms with E-state index in [4.69, 9.17) is 11.6 Å². The lowest BCUT2D eigenvalue weighted by molar-refractivity contribution is -0.125. The summed E-state index contributed by atoms with van der Waals surface area (Å²) < 4.78 is 1.56. The molecule has 1 atom stereocenters. The molecule has 3 N–H and O–H groups in total. The van der Waals surface area contributed by atoms with Crippen molar-refractivity contribution in [3.05, 3.63) is 59.1 Å². The normalized spacial score (nSPS) is 15.1. The van der Waals surface area contributed by atoms with E-state index in [1.54, 1.807) is 41.1 Å². The van der Waals surface area contributed by atoms with Crippen molar-refractivity contribution in [3.8, 4) is 11.3 Å². The van der Waals surface area contributed by atoms with Crippen LogP contribution in [0.1, 0.15) is 24.9 Å². The van der Waals surface area contributed by atoms with Gasteiger partial charge in [0.25, 0.3) is 0 Å². The molecule has 1 aliphatic rings. The fourth-order valence-electron chi connectivity index (χ4n) is 3.49. The van der Waals surface area contributed by atoms with Crippen molar-refractivity contribution in [1.82, 2.24) is 9.78 Å². The number of carbonyl (C=O) groups is 3. The minimum atomic E-state index is -0.793. The molecule has 31 heavy (non-hydrogen) atoms. The molecule has 1 aliphatic heterocycles. The first-order valence-corrected chi connectivity index (χ1v) is 10.0. The number of fused-ring (bicyclic) bond motifs is 1. The van der Waals surface area contributed by atoms with Crippen LogP contribution in [0, 0.1) is 6.92 Å². The molecule has 1 unspecified atom stereocenters.